The van der Waals surface area contributed by atoms with Crippen molar-refractivity contribution >= 4 is 22.1 Å². The van der Waals surface area contributed by atoms with Crippen molar-refractivity contribution in [2.45, 2.75) is 31.8 Å². The van der Waals surface area contributed by atoms with E-state index in [-0.39, 0.29) is 0 Å². The molecule has 1 saturated heterocycles. The van der Waals surface area contributed by atoms with Crippen LogP contribution in [0.25, 0.3) is 10.8 Å². The highest BCUT2D eigenvalue weighted by Crippen LogP contribution is 2.34. The maximum absolute atomic E-state index is 3.90. The first kappa shape index (κ1) is 21.4. The maximum atomic E-state index is 3.90. The molecule has 2 nitrogen and oxygen atoms in total. The van der Waals surface area contributed by atoms with Crippen LogP contribution in [0.5, 0.6) is 0 Å². The van der Waals surface area contributed by atoms with Crippen molar-refractivity contribution in [2.75, 3.05) is 19.6 Å². The van der Waals surface area contributed by atoms with E-state index >= 15 is 0 Å². The highest BCUT2D eigenvalue weighted by Gasteiger charge is 2.30. The van der Waals surface area contributed by atoms with Crippen molar-refractivity contribution in [3.63, 3.8) is 0 Å². The van der Waals surface area contributed by atoms with Crippen LogP contribution in [0.4, 0.5) is 0 Å². The molecule has 2 unspecified atom stereocenters. The Balaban J connectivity index is 1.30. The Hall–Kier alpha value is -2.46. The fraction of sp³-hybridized carbons (Fsp3) is 0.310. The predicted octanol–water partition coefficient (Wildman–Crippen LogP) is 6.86. The first-order valence-corrected chi connectivity index (χ1v) is 12.7. The van der Waals surface area contributed by atoms with Gasteiger partial charge in [-0.15, -0.1) is 0 Å². The number of nitrogens with one attached hydrogen (secondary N) is 1. The Kier molecular flexibility index (Phi) is 6.68. The smallest absolute Gasteiger partial charge is 0.0298 e. The lowest BCUT2D eigenvalue weighted by molar-refractivity contribution is 0.148. The number of piperidine rings is 1. The summed E-state index contributed by atoms with van der Waals surface area (Å²) in [7, 11) is 0. The molecular weight excluding hydrogens is 408 g/mol. The van der Waals surface area contributed by atoms with Crippen LogP contribution < -0.4 is 5.32 Å². The van der Waals surface area contributed by atoms with Crippen molar-refractivity contribution in [1.82, 2.24) is 10.2 Å². The normalized spacial score (nSPS) is 20.4. The van der Waals surface area contributed by atoms with Crippen molar-refractivity contribution < 1.29 is 0 Å². The Morgan fingerprint density at radius 1 is 0.969 bits per heavy atom. The van der Waals surface area contributed by atoms with E-state index in [9.17, 15) is 0 Å². The van der Waals surface area contributed by atoms with Gasteiger partial charge in [0, 0.05) is 25.0 Å². The molecule has 3 aromatic carbocycles. The van der Waals surface area contributed by atoms with Gasteiger partial charge in [0.25, 0.3) is 0 Å². The summed E-state index contributed by atoms with van der Waals surface area (Å²) >= 11 is 1.80. The molecule has 4 aromatic rings. The summed E-state index contributed by atoms with van der Waals surface area (Å²) in [6, 6.07) is 29.1. The number of thiophene rings is 1. The average molecular weight is 441 g/mol. The second-order valence-electron chi connectivity index (χ2n) is 9.13. The summed E-state index contributed by atoms with van der Waals surface area (Å²) < 4.78 is 0. The molecule has 0 saturated carbocycles. The van der Waals surface area contributed by atoms with Gasteiger partial charge in [0.05, 0.1) is 0 Å². The summed E-state index contributed by atoms with van der Waals surface area (Å²) in [5.41, 5.74) is 4.32. The highest BCUT2D eigenvalue weighted by molar-refractivity contribution is 7.07. The lowest BCUT2D eigenvalue weighted by atomic mass is 9.80. The van der Waals surface area contributed by atoms with Gasteiger partial charge in [-0.25, -0.2) is 0 Å². The van der Waals surface area contributed by atoms with Gasteiger partial charge in [0.1, 0.15) is 0 Å². The van der Waals surface area contributed by atoms with Crippen LogP contribution >= 0.6 is 11.3 Å². The highest BCUT2D eigenvalue weighted by atomic mass is 32.1. The third-order valence-electron chi connectivity index (χ3n) is 7.03. The lowest BCUT2D eigenvalue weighted by Crippen LogP contribution is -2.42. The van der Waals surface area contributed by atoms with Crippen LogP contribution in [0.3, 0.4) is 0 Å². The van der Waals surface area contributed by atoms with E-state index in [1.54, 1.807) is 11.3 Å². The number of rotatable bonds is 7. The average Bonchev–Trinajstić information content (AvgIpc) is 3.36. The summed E-state index contributed by atoms with van der Waals surface area (Å²) in [5.74, 6) is 1.21. The van der Waals surface area contributed by atoms with Gasteiger partial charge in [-0.2, -0.15) is 11.3 Å². The van der Waals surface area contributed by atoms with Crippen molar-refractivity contribution in [2.24, 2.45) is 5.92 Å². The van der Waals surface area contributed by atoms with Gasteiger partial charge in [-0.3, -0.25) is 4.90 Å². The van der Waals surface area contributed by atoms with E-state index in [0.717, 1.165) is 19.6 Å². The monoisotopic (exact) mass is 440 g/mol. The van der Waals surface area contributed by atoms with Gasteiger partial charge >= 0.3 is 0 Å². The predicted molar refractivity (Wildman–Crippen MR) is 137 cm³/mol. The van der Waals surface area contributed by atoms with Crippen LogP contribution in [0, 0.1) is 5.92 Å². The molecule has 3 atom stereocenters. The summed E-state index contributed by atoms with van der Waals surface area (Å²) in [4.78, 5) is 2.64. The Morgan fingerprint density at radius 2 is 1.78 bits per heavy atom. The Bertz CT molecular complexity index is 1120. The molecule has 1 aromatic heterocycles. The van der Waals surface area contributed by atoms with E-state index in [0.29, 0.717) is 17.9 Å². The van der Waals surface area contributed by atoms with Gasteiger partial charge < -0.3 is 5.32 Å². The molecule has 3 heteroatoms. The van der Waals surface area contributed by atoms with Crippen LogP contribution in [-0.2, 0) is 6.54 Å². The van der Waals surface area contributed by atoms with Crippen molar-refractivity contribution in [1.29, 1.82) is 0 Å². The largest absolute Gasteiger partial charge is 0.310 e. The van der Waals surface area contributed by atoms with Crippen LogP contribution in [0.1, 0.15) is 42.0 Å². The van der Waals surface area contributed by atoms with Gasteiger partial charge in [-0.05, 0) is 76.6 Å². The zero-order chi connectivity index (χ0) is 21.8. The molecule has 1 fully saturated rings. The van der Waals surface area contributed by atoms with Gasteiger partial charge in [0.15, 0.2) is 0 Å². The second-order valence-corrected chi connectivity index (χ2v) is 9.91. The number of benzene rings is 3. The molecule has 1 aliphatic heterocycles. The molecular formula is C29H32N2S. The number of likely N-dealkylation sites (tertiary alicyclic amines) is 1. The molecule has 0 amide bonds. The lowest BCUT2D eigenvalue weighted by Gasteiger charge is -2.39. The molecule has 0 aliphatic carbocycles. The van der Waals surface area contributed by atoms with E-state index in [2.05, 4.69) is 107 Å². The first-order valence-electron chi connectivity index (χ1n) is 11.8. The van der Waals surface area contributed by atoms with Crippen LogP contribution in [0.2, 0.25) is 0 Å². The minimum absolute atomic E-state index is 0.335. The quantitative estimate of drug-likeness (QED) is 0.338. The minimum Gasteiger partial charge on any atom is -0.310 e. The zero-order valence-electron chi connectivity index (χ0n) is 18.8. The first-order chi connectivity index (χ1) is 15.8. The van der Waals surface area contributed by atoms with E-state index in [4.69, 9.17) is 0 Å². The molecule has 32 heavy (non-hydrogen) atoms. The third-order valence-corrected chi connectivity index (χ3v) is 7.76. The summed E-state index contributed by atoms with van der Waals surface area (Å²) in [5, 5.41) is 11.1. The Morgan fingerprint density at radius 3 is 2.62 bits per heavy atom. The zero-order valence-corrected chi connectivity index (χ0v) is 19.6. The molecule has 0 radical (unpaired) electrons. The molecule has 164 valence electrons. The van der Waals surface area contributed by atoms with E-state index in [1.807, 2.05) is 0 Å². The number of fused-ring (bicyclic) bond motifs is 1. The molecule has 1 aliphatic rings. The second kappa shape index (κ2) is 9.99. The Labute approximate surface area is 195 Å². The van der Waals surface area contributed by atoms with Crippen molar-refractivity contribution in [3.05, 3.63) is 106 Å². The number of hydrogen-bond donors (Lipinski definition) is 1. The summed E-state index contributed by atoms with van der Waals surface area (Å²) in [6.07, 6.45) is 1.24. The minimum atomic E-state index is 0.335. The fourth-order valence-electron chi connectivity index (χ4n) is 5.24. The van der Waals surface area contributed by atoms with E-state index in [1.165, 1.54) is 40.4 Å². The fourth-order valence-corrected chi connectivity index (χ4v) is 5.90. The van der Waals surface area contributed by atoms with Gasteiger partial charge in [0.2, 0.25) is 0 Å². The van der Waals surface area contributed by atoms with Gasteiger partial charge in [-0.1, -0.05) is 72.8 Å². The molecule has 0 spiro atoms. The van der Waals surface area contributed by atoms with Crippen LogP contribution in [0.15, 0.2) is 89.6 Å². The summed E-state index contributed by atoms with van der Waals surface area (Å²) in [6.45, 7) is 6.74. The van der Waals surface area contributed by atoms with E-state index < -0.39 is 0 Å². The third kappa shape index (κ3) is 4.80. The molecule has 1 N–H and O–H groups in total. The molecule has 2 heterocycles. The maximum Gasteiger partial charge on any atom is 0.0298 e. The van der Waals surface area contributed by atoms with Crippen LogP contribution in [-0.4, -0.2) is 24.5 Å². The topological polar surface area (TPSA) is 15.3 Å². The standard InChI is InChI=1S/C29H32N2S/c1-22(27-13-7-11-24-10-5-6-12-28(24)27)30-18-26-14-16-31(19-23-15-17-32-21-23)20-29(26)25-8-3-2-4-9-25/h2-13,15,17,21-22,26,29-30H,14,16,18-20H2,1H3/t22-,26?,29?/m1/s1. The number of nitrogens with zero attached hydrogens (tertiary/aromatic N) is 1. The molecule has 0 bridgehead atoms. The SMILES string of the molecule is C[C@@H](NCC1CCN(Cc2ccsc2)CC1c1ccccc1)c1cccc2ccccc12. The van der Waals surface area contributed by atoms with Crippen molar-refractivity contribution in [3.8, 4) is 0 Å². The number of hydrogen-bond acceptors (Lipinski definition) is 3. The molecule has 5 rings (SSSR count).